The first-order valence-corrected chi connectivity index (χ1v) is 7.91. The van der Waals surface area contributed by atoms with Gasteiger partial charge in [0.05, 0.1) is 5.41 Å². The number of carbonyl (C=O) groups is 1. The summed E-state index contributed by atoms with van der Waals surface area (Å²) < 4.78 is 10.1. The molecule has 2 saturated heterocycles. The van der Waals surface area contributed by atoms with Crippen LogP contribution in [0.1, 0.15) is 39.5 Å². The van der Waals surface area contributed by atoms with Crippen molar-refractivity contribution in [1.82, 2.24) is 5.32 Å². The van der Waals surface area contributed by atoms with Gasteiger partial charge in [-0.1, -0.05) is 13.8 Å². The van der Waals surface area contributed by atoms with E-state index in [0.717, 1.165) is 26.1 Å². The molecule has 2 fully saturated rings. The molecule has 5 N–H and O–H groups in total. The first kappa shape index (κ1) is 22.6. The summed E-state index contributed by atoms with van der Waals surface area (Å²) in [6.07, 6.45) is 4.03. The molecule has 0 spiro atoms. The Morgan fingerprint density at radius 2 is 1.48 bits per heavy atom. The number of ether oxygens (including phenoxy) is 2. The molecule has 2 aliphatic heterocycles. The van der Waals surface area contributed by atoms with E-state index in [-0.39, 0.29) is 11.3 Å². The highest BCUT2D eigenvalue weighted by Crippen LogP contribution is 2.29. The Balaban J connectivity index is 0. The van der Waals surface area contributed by atoms with E-state index in [4.69, 9.17) is 15.2 Å². The van der Waals surface area contributed by atoms with E-state index in [1.54, 1.807) is 7.05 Å². The number of rotatable bonds is 2. The molecule has 0 atom stereocenters. The summed E-state index contributed by atoms with van der Waals surface area (Å²) in [6.45, 7) is 7.70. The van der Waals surface area contributed by atoms with Crippen LogP contribution in [-0.2, 0) is 14.3 Å². The largest absolute Gasteiger partial charge is 0.381 e. The fourth-order valence-electron chi connectivity index (χ4n) is 2.06. The first-order chi connectivity index (χ1) is 10.2. The summed E-state index contributed by atoms with van der Waals surface area (Å²) in [5.41, 5.74) is 9.73. The van der Waals surface area contributed by atoms with Crippen LogP contribution in [0.25, 0.3) is 0 Å². The summed E-state index contributed by atoms with van der Waals surface area (Å²) >= 11 is 0. The summed E-state index contributed by atoms with van der Waals surface area (Å²) in [6, 6.07) is 0. The smallest absolute Gasteiger partial charge is 0.227 e. The van der Waals surface area contributed by atoms with E-state index in [2.05, 4.69) is 11.1 Å². The number of nitrogens with two attached hydrogens (primary N) is 2. The van der Waals surface area contributed by atoms with Crippen molar-refractivity contribution < 1.29 is 14.3 Å². The van der Waals surface area contributed by atoms with Crippen LogP contribution in [0.2, 0.25) is 0 Å². The molecular formula is C15H35N3O3. The van der Waals surface area contributed by atoms with Crippen LogP contribution < -0.4 is 16.8 Å². The van der Waals surface area contributed by atoms with E-state index in [9.17, 15) is 4.79 Å². The number of hydrogen-bond donors (Lipinski definition) is 3. The zero-order valence-corrected chi connectivity index (χ0v) is 14.2. The van der Waals surface area contributed by atoms with Gasteiger partial charge in [-0.2, -0.15) is 0 Å². The highest BCUT2D eigenvalue weighted by atomic mass is 16.5. The van der Waals surface area contributed by atoms with Crippen LogP contribution in [0.15, 0.2) is 0 Å². The quantitative estimate of drug-likeness (QED) is 0.703. The Morgan fingerprint density at radius 3 is 1.76 bits per heavy atom. The Hall–Kier alpha value is -0.690. The first-order valence-electron chi connectivity index (χ1n) is 7.91. The van der Waals surface area contributed by atoms with Crippen molar-refractivity contribution in [2.24, 2.45) is 16.9 Å². The van der Waals surface area contributed by atoms with Gasteiger partial charge < -0.3 is 26.3 Å². The Morgan fingerprint density at radius 1 is 1.05 bits per heavy atom. The van der Waals surface area contributed by atoms with Crippen LogP contribution in [0.3, 0.4) is 0 Å². The lowest BCUT2D eigenvalue weighted by molar-refractivity contribution is -0.135. The van der Waals surface area contributed by atoms with Crippen LogP contribution in [0, 0.1) is 5.41 Å². The van der Waals surface area contributed by atoms with Gasteiger partial charge in [-0.3, -0.25) is 4.79 Å². The second-order valence-corrected chi connectivity index (χ2v) is 4.50. The molecule has 0 aromatic carbocycles. The molecule has 0 aliphatic carbocycles. The SMILES string of the molecule is C1CCOC1.CC.CN.CNC(=O)C1(CN)CCOCC1. The predicted octanol–water partition coefficient (Wildman–Crippen LogP) is 0.886. The van der Waals surface area contributed by atoms with Crippen molar-refractivity contribution in [2.75, 3.05) is 47.1 Å². The van der Waals surface area contributed by atoms with E-state index in [1.165, 1.54) is 19.9 Å². The zero-order valence-electron chi connectivity index (χ0n) is 14.2. The van der Waals surface area contributed by atoms with Crippen molar-refractivity contribution >= 4 is 5.91 Å². The minimum atomic E-state index is -0.368. The Kier molecular flexibility index (Phi) is 16.9. The molecule has 2 rings (SSSR count). The lowest BCUT2D eigenvalue weighted by Crippen LogP contribution is -2.48. The lowest BCUT2D eigenvalue weighted by atomic mass is 9.79. The third kappa shape index (κ3) is 9.03. The average molecular weight is 305 g/mol. The summed E-state index contributed by atoms with van der Waals surface area (Å²) in [4.78, 5) is 11.5. The van der Waals surface area contributed by atoms with E-state index < -0.39 is 0 Å². The Bertz CT molecular complexity index is 221. The number of amides is 1. The molecule has 0 aromatic heterocycles. The van der Waals surface area contributed by atoms with Crippen molar-refractivity contribution in [2.45, 2.75) is 39.5 Å². The monoisotopic (exact) mass is 305 g/mol. The maximum atomic E-state index is 11.5. The van der Waals surface area contributed by atoms with Gasteiger partial charge in [0.1, 0.15) is 0 Å². The topological polar surface area (TPSA) is 99.6 Å². The number of nitrogens with one attached hydrogen (secondary N) is 1. The van der Waals surface area contributed by atoms with Gasteiger partial charge >= 0.3 is 0 Å². The van der Waals surface area contributed by atoms with Crippen LogP contribution in [-0.4, -0.2) is 53.0 Å². The summed E-state index contributed by atoms with van der Waals surface area (Å²) in [5, 5.41) is 2.65. The fourth-order valence-corrected chi connectivity index (χ4v) is 2.06. The van der Waals surface area contributed by atoms with Crippen molar-refractivity contribution in [3.8, 4) is 0 Å². The van der Waals surface area contributed by atoms with Gasteiger partial charge in [-0.25, -0.2) is 0 Å². The second-order valence-electron chi connectivity index (χ2n) is 4.50. The minimum Gasteiger partial charge on any atom is -0.381 e. The molecule has 2 aliphatic rings. The standard InChI is InChI=1S/C8H16N2O2.C4H8O.C2H6.CH5N/c1-10-7(11)8(6-9)2-4-12-5-3-8;1-2-4-5-3-1;2*1-2/h2-6,9H2,1H3,(H,10,11);1-4H2;1-2H3;2H2,1H3. The highest BCUT2D eigenvalue weighted by Gasteiger charge is 2.37. The van der Waals surface area contributed by atoms with Crippen LogP contribution in [0.5, 0.6) is 0 Å². The van der Waals surface area contributed by atoms with E-state index >= 15 is 0 Å². The average Bonchev–Trinajstić information content (AvgIpc) is 3.18. The molecule has 0 bridgehead atoms. The van der Waals surface area contributed by atoms with E-state index in [0.29, 0.717) is 19.8 Å². The minimum absolute atomic E-state index is 0.0494. The zero-order chi connectivity index (χ0) is 16.6. The maximum Gasteiger partial charge on any atom is 0.227 e. The van der Waals surface area contributed by atoms with Gasteiger partial charge in [-0.05, 0) is 32.7 Å². The van der Waals surface area contributed by atoms with Gasteiger partial charge in [-0.15, -0.1) is 0 Å². The van der Waals surface area contributed by atoms with Gasteiger partial charge in [0.25, 0.3) is 0 Å². The van der Waals surface area contributed by atoms with Crippen LogP contribution in [0.4, 0.5) is 0 Å². The third-order valence-corrected chi connectivity index (χ3v) is 3.38. The molecule has 6 heteroatoms. The molecule has 0 unspecified atom stereocenters. The summed E-state index contributed by atoms with van der Waals surface area (Å²) in [5.74, 6) is 0.0494. The Labute approximate surface area is 129 Å². The normalized spacial score (nSPS) is 18.8. The molecule has 0 aromatic rings. The van der Waals surface area contributed by atoms with Crippen molar-refractivity contribution in [1.29, 1.82) is 0 Å². The van der Waals surface area contributed by atoms with Crippen molar-refractivity contribution in [3.05, 3.63) is 0 Å². The molecule has 0 radical (unpaired) electrons. The summed E-state index contributed by atoms with van der Waals surface area (Å²) in [7, 11) is 3.15. The molecular weight excluding hydrogens is 270 g/mol. The molecule has 2 heterocycles. The highest BCUT2D eigenvalue weighted by molar-refractivity contribution is 5.82. The second kappa shape index (κ2) is 15.7. The van der Waals surface area contributed by atoms with Gasteiger partial charge in [0, 0.05) is 40.0 Å². The lowest BCUT2D eigenvalue weighted by Gasteiger charge is -2.33. The van der Waals surface area contributed by atoms with Gasteiger partial charge in [0.2, 0.25) is 5.91 Å². The van der Waals surface area contributed by atoms with Crippen LogP contribution >= 0.6 is 0 Å². The molecule has 0 saturated carbocycles. The molecule has 1 amide bonds. The maximum absolute atomic E-state index is 11.5. The number of carbonyl (C=O) groups excluding carboxylic acids is 1. The number of hydrogen-bond acceptors (Lipinski definition) is 5. The molecule has 6 nitrogen and oxygen atoms in total. The molecule has 21 heavy (non-hydrogen) atoms. The fraction of sp³-hybridized carbons (Fsp3) is 0.933. The third-order valence-electron chi connectivity index (χ3n) is 3.38. The van der Waals surface area contributed by atoms with E-state index in [1.807, 2.05) is 13.8 Å². The van der Waals surface area contributed by atoms with Crippen molar-refractivity contribution in [3.63, 3.8) is 0 Å². The van der Waals surface area contributed by atoms with Gasteiger partial charge in [0.15, 0.2) is 0 Å². The predicted molar refractivity (Wildman–Crippen MR) is 87.1 cm³/mol. The molecule has 128 valence electrons.